The monoisotopic (exact) mass is 394 g/mol. The number of ether oxygens (including phenoxy) is 2. The molecule has 0 bridgehead atoms. The number of esters is 1. The fourth-order valence-corrected chi connectivity index (χ4v) is 2.13. The number of halogens is 1. The third kappa shape index (κ3) is 5.99. The van der Waals surface area contributed by atoms with Gasteiger partial charge < -0.3 is 14.0 Å². The third-order valence-electron chi connectivity index (χ3n) is 3.55. The average Bonchev–Trinajstić information content (AvgIpc) is 3.03. The van der Waals surface area contributed by atoms with Crippen molar-refractivity contribution in [1.82, 2.24) is 5.16 Å². The summed E-state index contributed by atoms with van der Waals surface area (Å²) < 4.78 is 15.7. The number of carbonyl (C=O) groups excluding carboxylic acids is 2. The Balaban J connectivity index is 1.87. The highest BCUT2D eigenvalue weighted by Crippen LogP contribution is 2.24. The van der Waals surface area contributed by atoms with E-state index in [0.29, 0.717) is 16.5 Å². The van der Waals surface area contributed by atoms with Crippen LogP contribution in [0.4, 0.5) is 5.88 Å². The van der Waals surface area contributed by atoms with E-state index in [1.54, 1.807) is 44.2 Å². The van der Waals surface area contributed by atoms with E-state index in [1.165, 1.54) is 0 Å². The number of hydrogen-bond acceptors (Lipinski definition) is 6. The highest BCUT2D eigenvalue weighted by Gasteiger charge is 2.32. The van der Waals surface area contributed by atoms with Gasteiger partial charge >= 0.3 is 5.97 Å². The molecule has 27 heavy (non-hydrogen) atoms. The van der Waals surface area contributed by atoms with Gasteiger partial charge in [0.05, 0.1) is 5.69 Å². The van der Waals surface area contributed by atoms with Crippen LogP contribution >= 0.6 is 11.6 Å². The average molecular weight is 395 g/mol. The van der Waals surface area contributed by atoms with Crippen LogP contribution in [0, 0.1) is 0 Å². The smallest absolute Gasteiger partial charge is 0.350 e. The van der Waals surface area contributed by atoms with Crippen LogP contribution in [0.15, 0.2) is 34.9 Å². The molecule has 1 heterocycles. The fraction of sp³-hybridized carbons (Fsp3) is 0.421. The zero-order valence-corrected chi connectivity index (χ0v) is 16.7. The van der Waals surface area contributed by atoms with Crippen LogP contribution in [0.5, 0.6) is 5.75 Å². The van der Waals surface area contributed by atoms with Crippen LogP contribution in [0.2, 0.25) is 5.02 Å². The Labute approximate surface area is 163 Å². The number of aromatic nitrogens is 1. The molecule has 1 aromatic carbocycles. The summed E-state index contributed by atoms with van der Waals surface area (Å²) in [6.07, 6.45) is 0. The lowest BCUT2D eigenvalue weighted by molar-refractivity contribution is -0.161. The predicted octanol–water partition coefficient (Wildman–Crippen LogP) is 3.96. The van der Waals surface area contributed by atoms with Gasteiger partial charge in [0.25, 0.3) is 5.91 Å². The zero-order chi connectivity index (χ0) is 20.2. The number of rotatable bonds is 6. The van der Waals surface area contributed by atoms with Crippen molar-refractivity contribution in [2.75, 3.05) is 11.9 Å². The Morgan fingerprint density at radius 3 is 2.33 bits per heavy atom. The fourth-order valence-electron chi connectivity index (χ4n) is 2.00. The number of anilines is 1. The van der Waals surface area contributed by atoms with E-state index in [-0.39, 0.29) is 11.3 Å². The van der Waals surface area contributed by atoms with Gasteiger partial charge in [-0.05, 0) is 38.1 Å². The Kier molecular flexibility index (Phi) is 6.15. The Bertz CT molecular complexity index is 806. The van der Waals surface area contributed by atoms with Crippen LogP contribution in [0.1, 0.15) is 40.3 Å². The van der Waals surface area contributed by atoms with E-state index >= 15 is 0 Å². The Morgan fingerprint density at radius 2 is 1.78 bits per heavy atom. The summed E-state index contributed by atoms with van der Waals surface area (Å²) in [6, 6.07) is 8.21. The molecule has 0 unspecified atom stereocenters. The number of nitrogens with zero attached hydrogens (tertiary/aromatic N) is 1. The van der Waals surface area contributed by atoms with Crippen molar-refractivity contribution in [3.05, 3.63) is 41.0 Å². The molecule has 1 N–H and O–H groups in total. The van der Waals surface area contributed by atoms with Crippen molar-refractivity contribution in [2.45, 2.75) is 45.6 Å². The summed E-state index contributed by atoms with van der Waals surface area (Å²) in [5, 5.41) is 6.95. The second-order valence-electron chi connectivity index (χ2n) is 7.52. The minimum absolute atomic E-state index is 0.192. The predicted molar refractivity (Wildman–Crippen MR) is 101 cm³/mol. The number of amides is 1. The summed E-state index contributed by atoms with van der Waals surface area (Å²) in [4.78, 5) is 24.2. The second-order valence-corrected chi connectivity index (χ2v) is 7.95. The maximum Gasteiger partial charge on any atom is 0.350 e. The molecular weight excluding hydrogens is 372 g/mol. The van der Waals surface area contributed by atoms with Gasteiger partial charge in [-0.2, -0.15) is 0 Å². The molecule has 146 valence electrons. The SMILES string of the molecule is CC(C)(Oc1ccc(Cl)cc1)C(=O)OCC(=O)Nc1cc(C(C)(C)C)no1. The Morgan fingerprint density at radius 1 is 1.15 bits per heavy atom. The minimum Gasteiger partial charge on any atom is -0.476 e. The molecule has 0 aliphatic rings. The molecule has 0 saturated carbocycles. The number of benzene rings is 1. The van der Waals surface area contributed by atoms with E-state index in [1.807, 2.05) is 20.8 Å². The molecule has 0 aliphatic heterocycles. The first kappa shape index (κ1) is 20.8. The van der Waals surface area contributed by atoms with E-state index in [4.69, 9.17) is 25.6 Å². The van der Waals surface area contributed by atoms with Gasteiger partial charge in [-0.25, -0.2) is 4.79 Å². The molecule has 2 rings (SSSR count). The molecule has 2 aromatic rings. The Hall–Kier alpha value is -2.54. The molecule has 1 amide bonds. The van der Waals surface area contributed by atoms with Gasteiger partial charge in [-0.15, -0.1) is 0 Å². The summed E-state index contributed by atoms with van der Waals surface area (Å²) in [5.41, 5.74) is -0.783. The maximum atomic E-state index is 12.2. The molecule has 0 spiro atoms. The largest absolute Gasteiger partial charge is 0.476 e. The van der Waals surface area contributed by atoms with Crippen molar-refractivity contribution in [2.24, 2.45) is 0 Å². The first-order valence-electron chi connectivity index (χ1n) is 8.36. The quantitative estimate of drug-likeness (QED) is 0.745. The highest BCUT2D eigenvalue weighted by molar-refractivity contribution is 6.30. The van der Waals surface area contributed by atoms with Gasteiger partial charge in [0, 0.05) is 16.5 Å². The number of hydrogen-bond donors (Lipinski definition) is 1. The lowest BCUT2D eigenvalue weighted by Gasteiger charge is -2.24. The van der Waals surface area contributed by atoms with Crippen LogP contribution in [-0.2, 0) is 19.7 Å². The lowest BCUT2D eigenvalue weighted by atomic mass is 9.92. The van der Waals surface area contributed by atoms with Crippen LogP contribution in [0.25, 0.3) is 0 Å². The summed E-state index contributed by atoms with van der Waals surface area (Å²) in [5.74, 6) is -0.567. The van der Waals surface area contributed by atoms with E-state index < -0.39 is 24.1 Å². The van der Waals surface area contributed by atoms with E-state index in [2.05, 4.69) is 10.5 Å². The molecule has 7 nitrogen and oxygen atoms in total. The molecule has 0 atom stereocenters. The van der Waals surface area contributed by atoms with Gasteiger partial charge in [0.15, 0.2) is 12.2 Å². The van der Waals surface area contributed by atoms with Crippen molar-refractivity contribution < 1.29 is 23.6 Å². The van der Waals surface area contributed by atoms with Gasteiger partial charge in [0.1, 0.15) is 5.75 Å². The topological polar surface area (TPSA) is 90.7 Å². The molecule has 0 fully saturated rings. The number of nitrogens with one attached hydrogen (secondary N) is 1. The van der Waals surface area contributed by atoms with Crippen LogP contribution < -0.4 is 10.1 Å². The van der Waals surface area contributed by atoms with Gasteiger partial charge in [0.2, 0.25) is 5.88 Å². The first-order valence-corrected chi connectivity index (χ1v) is 8.74. The van der Waals surface area contributed by atoms with Crippen molar-refractivity contribution >= 4 is 29.4 Å². The zero-order valence-electron chi connectivity index (χ0n) is 16.0. The highest BCUT2D eigenvalue weighted by atomic mass is 35.5. The molecule has 1 aromatic heterocycles. The lowest BCUT2D eigenvalue weighted by Crippen LogP contribution is -2.41. The van der Waals surface area contributed by atoms with Gasteiger partial charge in [-0.3, -0.25) is 10.1 Å². The summed E-state index contributed by atoms with van der Waals surface area (Å²) >= 11 is 5.82. The van der Waals surface area contributed by atoms with Gasteiger partial charge in [-0.1, -0.05) is 37.5 Å². The second kappa shape index (κ2) is 8.00. The van der Waals surface area contributed by atoms with Crippen molar-refractivity contribution in [3.63, 3.8) is 0 Å². The minimum atomic E-state index is -1.28. The summed E-state index contributed by atoms with van der Waals surface area (Å²) in [6.45, 7) is 8.54. The van der Waals surface area contributed by atoms with Crippen molar-refractivity contribution in [1.29, 1.82) is 0 Å². The molecular formula is C19H23ClN2O5. The standard InChI is InChI=1S/C19H23ClN2O5/c1-18(2,3)14-10-16(27-22-14)21-15(23)11-25-17(24)19(4,5)26-13-8-6-12(20)7-9-13/h6-10H,11H2,1-5H3,(H,21,23). The van der Waals surface area contributed by atoms with Crippen molar-refractivity contribution in [3.8, 4) is 5.75 Å². The number of carbonyl (C=O) groups is 2. The summed E-state index contributed by atoms with van der Waals surface area (Å²) in [7, 11) is 0. The third-order valence-corrected chi connectivity index (χ3v) is 3.81. The molecule has 0 saturated heterocycles. The molecule has 8 heteroatoms. The van der Waals surface area contributed by atoms with Crippen LogP contribution in [0.3, 0.4) is 0 Å². The van der Waals surface area contributed by atoms with E-state index in [0.717, 1.165) is 0 Å². The molecule has 0 radical (unpaired) electrons. The maximum absolute atomic E-state index is 12.2. The van der Waals surface area contributed by atoms with Crippen LogP contribution in [-0.4, -0.2) is 29.2 Å². The van der Waals surface area contributed by atoms with E-state index in [9.17, 15) is 9.59 Å². The molecule has 0 aliphatic carbocycles. The first-order chi connectivity index (χ1) is 12.5. The normalized spacial score (nSPS) is 11.8.